The van der Waals surface area contributed by atoms with Gasteiger partial charge in [-0.05, 0) is 61.6 Å². The van der Waals surface area contributed by atoms with Crippen LogP contribution in [-0.4, -0.2) is 65.8 Å². The molecule has 0 radical (unpaired) electrons. The van der Waals surface area contributed by atoms with E-state index in [4.69, 9.17) is 4.74 Å². The summed E-state index contributed by atoms with van der Waals surface area (Å²) >= 11 is 0. The maximum absolute atomic E-state index is 13.4. The number of aromatic nitrogens is 3. The van der Waals surface area contributed by atoms with Gasteiger partial charge in [0.25, 0.3) is 11.8 Å². The Balaban J connectivity index is 1.95. The monoisotopic (exact) mass is 572 g/mol. The van der Waals surface area contributed by atoms with Crippen molar-refractivity contribution in [2.75, 3.05) is 29.9 Å². The molecule has 0 aliphatic carbocycles. The van der Waals surface area contributed by atoms with Crippen LogP contribution in [0.25, 0.3) is 5.69 Å². The van der Waals surface area contributed by atoms with Crippen molar-refractivity contribution in [3.05, 3.63) is 58.9 Å². The van der Waals surface area contributed by atoms with E-state index in [9.17, 15) is 23.1 Å². The predicted molar refractivity (Wildman–Crippen MR) is 153 cm³/mol. The zero-order valence-corrected chi connectivity index (χ0v) is 24.7. The Bertz CT molecular complexity index is 1530. The smallest absolute Gasteiger partial charge is 0.273 e. The number of sulfonamides is 1. The summed E-state index contributed by atoms with van der Waals surface area (Å²) in [6, 6.07) is 8.40. The largest absolute Gasteiger partial charge is 0.492 e. The zero-order chi connectivity index (χ0) is 30.0. The van der Waals surface area contributed by atoms with Gasteiger partial charge in [-0.15, -0.1) is 5.10 Å². The molecule has 0 aliphatic rings. The Kier molecular flexibility index (Phi) is 8.60. The highest BCUT2D eigenvalue weighted by Gasteiger charge is 2.23. The summed E-state index contributed by atoms with van der Waals surface area (Å²) < 4.78 is 33.4. The fourth-order valence-electron chi connectivity index (χ4n) is 3.71. The fraction of sp³-hybridized carbons (Fsp3) is 0.407. The molecule has 1 aromatic heterocycles. The molecule has 0 saturated heterocycles. The highest BCUT2D eigenvalue weighted by molar-refractivity contribution is 7.92. The molecule has 12 nitrogen and oxygen atoms in total. The van der Waals surface area contributed by atoms with Crippen LogP contribution in [0.1, 0.15) is 66.6 Å². The minimum absolute atomic E-state index is 0.0364. The van der Waals surface area contributed by atoms with Crippen LogP contribution >= 0.6 is 0 Å². The highest BCUT2D eigenvalue weighted by atomic mass is 32.2. The second-order valence-corrected chi connectivity index (χ2v) is 13.0. The molecule has 0 saturated carbocycles. The standard InChI is InChI=1S/C27H36N6O6S/c1-16-9-10-17(11-22(16)33-14-21(30-32-33)25(35)28-15-27(5,6)36)24(34)29-19-12-18(26(2,3)4)13-20(23(19)39-7)31-40(8,37)38/h9-14,31,36H,15H2,1-8H3,(H,28,35)(H,29,34). The molecule has 0 aliphatic heterocycles. The summed E-state index contributed by atoms with van der Waals surface area (Å²) in [4.78, 5) is 25.8. The average molecular weight is 573 g/mol. The van der Waals surface area contributed by atoms with Gasteiger partial charge in [-0.25, -0.2) is 13.1 Å². The first kappa shape index (κ1) is 30.6. The second-order valence-electron chi connectivity index (χ2n) is 11.2. The van der Waals surface area contributed by atoms with Crippen LogP contribution in [0.15, 0.2) is 36.5 Å². The molecule has 3 aromatic rings. The van der Waals surface area contributed by atoms with E-state index in [1.807, 2.05) is 27.7 Å². The zero-order valence-electron chi connectivity index (χ0n) is 23.9. The van der Waals surface area contributed by atoms with Crippen molar-refractivity contribution < 1.29 is 27.9 Å². The normalized spacial score (nSPS) is 12.1. The van der Waals surface area contributed by atoms with Crippen LogP contribution in [0.5, 0.6) is 5.75 Å². The lowest BCUT2D eigenvalue weighted by Crippen LogP contribution is -2.38. The number of nitrogens with zero attached hydrogens (tertiary/aromatic N) is 3. The molecule has 0 unspecified atom stereocenters. The van der Waals surface area contributed by atoms with Gasteiger partial charge in [0.05, 0.1) is 42.2 Å². The molecule has 0 fully saturated rings. The van der Waals surface area contributed by atoms with Crippen molar-refractivity contribution in [3.8, 4) is 11.4 Å². The van der Waals surface area contributed by atoms with Crippen molar-refractivity contribution in [3.63, 3.8) is 0 Å². The Morgan fingerprint density at radius 2 is 1.70 bits per heavy atom. The van der Waals surface area contributed by atoms with Crippen LogP contribution in [0.4, 0.5) is 11.4 Å². The van der Waals surface area contributed by atoms with Gasteiger partial charge in [-0.1, -0.05) is 32.1 Å². The first-order valence-electron chi connectivity index (χ1n) is 12.4. The van der Waals surface area contributed by atoms with E-state index in [0.717, 1.165) is 17.4 Å². The number of methoxy groups -OCH3 is 1. The van der Waals surface area contributed by atoms with Gasteiger partial charge in [0.1, 0.15) is 0 Å². The van der Waals surface area contributed by atoms with Crippen molar-refractivity contribution in [1.82, 2.24) is 20.3 Å². The number of ether oxygens (including phenoxy) is 1. The first-order chi connectivity index (χ1) is 18.4. The number of carbonyl (C=O) groups excluding carboxylic acids is 2. The van der Waals surface area contributed by atoms with Gasteiger partial charge in [-0.2, -0.15) is 0 Å². The fourth-order valence-corrected chi connectivity index (χ4v) is 4.27. The molecule has 3 rings (SSSR count). The number of nitrogens with one attached hydrogen (secondary N) is 3. The third-order valence-electron chi connectivity index (χ3n) is 5.83. The van der Waals surface area contributed by atoms with Crippen LogP contribution in [0, 0.1) is 6.92 Å². The minimum atomic E-state index is -3.62. The summed E-state index contributed by atoms with van der Waals surface area (Å²) in [5.74, 6) is -0.805. The van der Waals surface area contributed by atoms with Gasteiger partial charge in [0.2, 0.25) is 10.0 Å². The van der Waals surface area contributed by atoms with Gasteiger partial charge < -0.3 is 20.5 Å². The molecule has 4 N–H and O–H groups in total. The Labute approximate surface area is 234 Å². The Hall–Kier alpha value is -3.97. The molecule has 0 spiro atoms. The van der Waals surface area contributed by atoms with Crippen LogP contribution < -0.4 is 20.1 Å². The van der Waals surface area contributed by atoms with E-state index in [1.165, 1.54) is 18.0 Å². The lowest BCUT2D eigenvalue weighted by molar-refractivity contribution is 0.0692. The molecule has 0 atom stereocenters. The highest BCUT2D eigenvalue weighted by Crippen LogP contribution is 2.39. The second kappa shape index (κ2) is 11.3. The summed E-state index contributed by atoms with van der Waals surface area (Å²) in [6.45, 7) is 10.9. The number of carbonyl (C=O) groups is 2. The van der Waals surface area contributed by atoms with Crippen molar-refractivity contribution in [2.24, 2.45) is 0 Å². The maximum atomic E-state index is 13.4. The molecular weight excluding hydrogens is 536 g/mol. The lowest BCUT2D eigenvalue weighted by atomic mass is 9.86. The SMILES string of the molecule is COc1c(NC(=O)c2ccc(C)c(-n3cc(C(=O)NCC(C)(C)O)nn3)c2)cc(C(C)(C)C)cc1NS(C)(=O)=O. The lowest BCUT2D eigenvalue weighted by Gasteiger charge is -2.24. The number of rotatable bonds is 9. The number of hydrogen-bond donors (Lipinski definition) is 4. The first-order valence-corrected chi connectivity index (χ1v) is 14.3. The van der Waals surface area contributed by atoms with Crippen molar-refractivity contribution in [1.29, 1.82) is 0 Å². The molecule has 40 heavy (non-hydrogen) atoms. The van der Waals surface area contributed by atoms with Crippen LogP contribution in [0.2, 0.25) is 0 Å². The van der Waals surface area contributed by atoms with Crippen molar-refractivity contribution in [2.45, 2.75) is 52.6 Å². The summed E-state index contributed by atoms with van der Waals surface area (Å²) in [5.41, 5.74) is 1.46. The molecule has 2 amide bonds. The number of aliphatic hydroxyl groups is 1. The average Bonchev–Trinajstić information content (AvgIpc) is 3.30. The van der Waals surface area contributed by atoms with Crippen LogP contribution in [0.3, 0.4) is 0 Å². The number of aryl methyl sites for hydroxylation is 1. The topological polar surface area (TPSA) is 165 Å². The molecular formula is C27H36N6O6S. The number of benzene rings is 2. The quantitative estimate of drug-likeness (QED) is 0.304. The third-order valence-corrected chi connectivity index (χ3v) is 6.42. The van der Waals surface area contributed by atoms with Gasteiger partial charge in [0, 0.05) is 12.1 Å². The van der Waals surface area contributed by atoms with Crippen LogP contribution in [-0.2, 0) is 15.4 Å². The van der Waals surface area contributed by atoms with Gasteiger partial charge in [0.15, 0.2) is 11.4 Å². The van der Waals surface area contributed by atoms with Crippen molar-refractivity contribution >= 4 is 33.2 Å². The van der Waals surface area contributed by atoms with E-state index in [0.29, 0.717) is 11.4 Å². The molecule has 216 valence electrons. The van der Waals surface area contributed by atoms with Gasteiger partial charge in [-0.3, -0.25) is 14.3 Å². The minimum Gasteiger partial charge on any atom is -0.492 e. The summed E-state index contributed by atoms with van der Waals surface area (Å²) in [5, 5.41) is 23.2. The third kappa shape index (κ3) is 7.79. The molecule has 2 aromatic carbocycles. The number of anilines is 2. The predicted octanol–water partition coefficient (Wildman–Crippen LogP) is 3.01. The molecule has 0 bridgehead atoms. The number of amides is 2. The summed E-state index contributed by atoms with van der Waals surface area (Å²) in [7, 11) is -2.24. The summed E-state index contributed by atoms with van der Waals surface area (Å²) in [6.07, 6.45) is 2.47. The number of hydrogen-bond acceptors (Lipinski definition) is 8. The van der Waals surface area contributed by atoms with E-state index >= 15 is 0 Å². The van der Waals surface area contributed by atoms with E-state index in [1.54, 1.807) is 44.2 Å². The van der Waals surface area contributed by atoms with E-state index < -0.39 is 27.4 Å². The molecule has 13 heteroatoms. The van der Waals surface area contributed by atoms with E-state index in [2.05, 4.69) is 25.7 Å². The van der Waals surface area contributed by atoms with E-state index in [-0.39, 0.29) is 34.7 Å². The Morgan fingerprint density at radius 1 is 1.05 bits per heavy atom. The Morgan fingerprint density at radius 3 is 2.27 bits per heavy atom. The molecule has 1 heterocycles. The van der Waals surface area contributed by atoms with Gasteiger partial charge >= 0.3 is 0 Å². The maximum Gasteiger partial charge on any atom is 0.273 e.